The van der Waals surface area contributed by atoms with Gasteiger partial charge in [0, 0.05) is 12.8 Å². The van der Waals surface area contributed by atoms with Crippen molar-refractivity contribution in [3.63, 3.8) is 0 Å². The molecular weight excluding hydrogens is 285 g/mol. The third-order valence-electron chi connectivity index (χ3n) is 3.11. The summed E-state index contributed by atoms with van der Waals surface area (Å²) in [7, 11) is -5.63. The molecule has 0 amide bonds. The average molecular weight is 296 g/mol. The number of allylic oxidation sites excluding steroid dienone is 4. The Labute approximate surface area is 108 Å². The molecule has 1 unspecified atom stereocenters. The number of carbonyl (C=O) groups excluding carboxylic acids is 1. The summed E-state index contributed by atoms with van der Waals surface area (Å²) >= 11 is 0. The second-order valence-corrected chi connectivity index (χ2v) is 5.99. The van der Waals surface area contributed by atoms with Gasteiger partial charge in [0.25, 0.3) is 0 Å². The summed E-state index contributed by atoms with van der Waals surface area (Å²) in [5, 5.41) is 0. The molecule has 106 valence electrons. The van der Waals surface area contributed by atoms with E-state index < -0.39 is 15.6 Å². The number of Topliss-reactive ketones (excluding diaryl/α,β-unsaturated/α-hetero) is 1. The molecule has 0 N–H and O–H groups in total. The van der Waals surface area contributed by atoms with E-state index in [-0.39, 0.29) is 23.9 Å². The zero-order valence-electron chi connectivity index (χ0n) is 9.74. The molecule has 2 aliphatic carbocycles. The Hall–Kier alpha value is -1.31. The molecule has 0 aromatic rings. The zero-order valence-corrected chi connectivity index (χ0v) is 10.6. The molecule has 0 bridgehead atoms. The molecule has 8 heteroatoms. The third kappa shape index (κ3) is 2.83. The molecule has 0 heterocycles. The first-order valence-corrected chi connectivity index (χ1v) is 7.06. The van der Waals surface area contributed by atoms with Crippen molar-refractivity contribution in [3.05, 3.63) is 23.5 Å². The highest BCUT2D eigenvalue weighted by Crippen LogP contribution is 2.37. The number of ketones is 1. The van der Waals surface area contributed by atoms with Crippen molar-refractivity contribution >= 4 is 15.9 Å². The molecule has 2 aliphatic rings. The number of fused-ring (bicyclic) bond motifs is 1. The Morgan fingerprint density at radius 1 is 1.26 bits per heavy atom. The second kappa shape index (κ2) is 4.66. The lowest BCUT2D eigenvalue weighted by Gasteiger charge is -2.27. The molecule has 1 fully saturated rings. The standard InChI is InChI=1S/C11H11F3O4S/c12-11(13,14)19(16,17)18-8-4-5-9-7(6-8)2-1-3-10(9)15/h4-5,7H,1-3,6H2. The monoisotopic (exact) mass is 296 g/mol. The Balaban J connectivity index is 2.19. The van der Waals surface area contributed by atoms with Gasteiger partial charge in [-0.15, -0.1) is 0 Å². The molecule has 0 spiro atoms. The molecule has 0 aromatic heterocycles. The lowest BCUT2D eigenvalue weighted by molar-refractivity contribution is -0.117. The molecule has 0 aromatic carbocycles. The van der Waals surface area contributed by atoms with E-state index in [1.807, 2.05) is 0 Å². The first kappa shape index (κ1) is 14.1. The maximum atomic E-state index is 12.2. The molecular formula is C11H11F3O4S. The highest BCUT2D eigenvalue weighted by atomic mass is 32.2. The Morgan fingerprint density at radius 2 is 1.95 bits per heavy atom. The minimum absolute atomic E-state index is 0.00683. The largest absolute Gasteiger partial charge is 0.534 e. The normalized spacial score (nSPS) is 24.4. The van der Waals surface area contributed by atoms with E-state index >= 15 is 0 Å². The van der Waals surface area contributed by atoms with Gasteiger partial charge in [-0.1, -0.05) is 6.08 Å². The minimum atomic E-state index is -5.63. The highest BCUT2D eigenvalue weighted by Gasteiger charge is 2.49. The summed E-state index contributed by atoms with van der Waals surface area (Å²) in [5.74, 6) is -0.560. The molecule has 0 saturated heterocycles. The van der Waals surface area contributed by atoms with Gasteiger partial charge >= 0.3 is 15.6 Å². The fourth-order valence-corrected chi connectivity index (χ4v) is 2.72. The van der Waals surface area contributed by atoms with Crippen LogP contribution < -0.4 is 0 Å². The molecule has 1 saturated carbocycles. The van der Waals surface area contributed by atoms with Gasteiger partial charge in [0.15, 0.2) is 5.78 Å². The van der Waals surface area contributed by atoms with Gasteiger partial charge in [0.05, 0.1) is 0 Å². The molecule has 19 heavy (non-hydrogen) atoms. The van der Waals surface area contributed by atoms with E-state index in [9.17, 15) is 26.4 Å². The topological polar surface area (TPSA) is 60.4 Å². The lowest BCUT2D eigenvalue weighted by atomic mass is 9.79. The third-order valence-corrected chi connectivity index (χ3v) is 4.12. The minimum Gasteiger partial charge on any atom is -0.381 e. The zero-order chi connectivity index (χ0) is 14.3. The van der Waals surface area contributed by atoms with Crippen LogP contribution in [0.15, 0.2) is 23.5 Å². The quantitative estimate of drug-likeness (QED) is 0.580. The van der Waals surface area contributed by atoms with Crippen LogP contribution in [0.2, 0.25) is 0 Å². The van der Waals surface area contributed by atoms with E-state index in [0.717, 1.165) is 6.08 Å². The van der Waals surface area contributed by atoms with Crippen LogP contribution >= 0.6 is 0 Å². The van der Waals surface area contributed by atoms with Crippen molar-refractivity contribution < 1.29 is 30.6 Å². The Kier molecular flexibility index (Phi) is 3.46. The summed E-state index contributed by atoms with van der Waals surface area (Å²) in [4.78, 5) is 11.5. The van der Waals surface area contributed by atoms with Crippen molar-refractivity contribution in [2.75, 3.05) is 0 Å². The van der Waals surface area contributed by atoms with E-state index in [0.29, 0.717) is 24.8 Å². The van der Waals surface area contributed by atoms with E-state index in [4.69, 9.17) is 0 Å². The van der Waals surface area contributed by atoms with Gasteiger partial charge in [-0.05, 0) is 30.4 Å². The predicted octanol–water partition coefficient (Wildman–Crippen LogP) is 2.44. The number of alkyl halides is 3. The van der Waals surface area contributed by atoms with Crippen molar-refractivity contribution in [2.45, 2.75) is 31.2 Å². The highest BCUT2D eigenvalue weighted by molar-refractivity contribution is 7.87. The van der Waals surface area contributed by atoms with Crippen LogP contribution in [0, 0.1) is 5.92 Å². The first-order chi connectivity index (χ1) is 8.71. The van der Waals surface area contributed by atoms with Crippen LogP contribution in [-0.4, -0.2) is 19.7 Å². The van der Waals surface area contributed by atoms with Crippen LogP contribution in [-0.2, 0) is 19.1 Å². The van der Waals surface area contributed by atoms with Crippen LogP contribution in [0.4, 0.5) is 13.2 Å². The van der Waals surface area contributed by atoms with Crippen LogP contribution in [0.3, 0.4) is 0 Å². The van der Waals surface area contributed by atoms with Crippen LogP contribution in [0.1, 0.15) is 25.7 Å². The summed E-state index contributed by atoms with van der Waals surface area (Å²) in [5.41, 5.74) is -4.90. The SMILES string of the molecule is O=C1CCCC2CC(OS(=O)(=O)C(F)(F)F)=CC=C12. The summed E-state index contributed by atoms with van der Waals surface area (Å²) in [6.45, 7) is 0. The van der Waals surface area contributed by atoms with Gasteiger partial charge in [-0.3, -0.25) is 4.79 Å². The lowest BCUT2D eigenvalue weighted by Crippen LogP contribution is -2.27. The maximum Gasteiger partial charge on any atom is 0.534 e. The van der Waals surface area contributed by atoms with Gasteiger partial charge in [0.2, 0.25) is 0 Å². The number of rotatable bonds is 2. The molecule has 4 nitrogen and oxygen atoms in total. The summed E-state index contributed by atoms with van der Waals surface area (Å²) < 4.78 is 62.3. The molecule has 0 aliphatic heterocycles. The average Bonchev–Trinajstić information content (AvgIpc) is 2.27. The van der Waals surface area contributed by atoms with Crippen LogP contribution in [0.5, 0.6) is 0 Å². The van der Waals surface area contributed by atoms with Gasteiger partial charge in [0.1, 0.15) is 5.76 Å². The Bertz CT molecular complexity index is 557. The van der Waals surface area contributed by atoms with Crippen LogP contribution in [0.25, 0.3) is 0 Å². The first-order valence-electron chi connectivity index (χ1n) is 5.65. The van der Waals surface area contributed by atoms with Crippen molar-refractivity contribution in [1.29, 1.82) is 0 Å². The number of hydrogen-bond donors (Lipinski definition) is 0. The van der Waals surface area contributed by atoms with Crippen molar-refractivity contribution in [1.82, 2.24) is 0 Å². The van der Waals surface area contributed by atoms with E-state index in [1.165, 1.54) is 6.08 Å². The molecule has 0 radical (unpaired) electrons. The van der Waals surface area contributed by atoms with E-state index in [1.54, 1.807) is 0 Å². The fourth-order valence-electron chi connectivity index (χ4n) is 2.22. The smallest absolute Gasteiger partial charge is 0.381 e. The summed E-state index contributed by atoms with van der Waals surface area (Å²) in [6, 6.07) is 0. The number of carbonyl (C=O) groups is 1. The number of hydrogen-bond acceptors (Lipinski definition) is 4. The van der Waals surface area contributed by atoms with Crippen molar-refractivity contribution in [2.24, 2.45) is 5.92 Å². The van der Waals surface area contributed by atoms with Gasteiger partial charge in [-0.2, -0.15) is 21.6 Å². The maximum absolute atomic E-state index is 12.2. The molecule has 1 atom stereocenters. The molecule has 2 rings (SSSR count). The number of halogens is 3. The fraction of sp³-hybridized carbons (Fsp3) is 0.545. The van der Waals surface area contributed by atoms with E-state index in [2.05, 4.69) is 4.18 Å². The Morgan fingerprint density at radius 3 is 2.58 bits per heavy atom. The van der Waals surface area contributed by atoms with Gasteiger partial charge in [-0.25, -0.2) is 0 Å². The van der Waals surface area contributed by atoms with Gasteiger partial charge < -0.3 is 4.18 Å². The summed E-state index contributed by atoms with van der Waals surface area (Å²) in [6.07, 6.45) is 4.21. The second-order valence-electron chi connectivity index (χ2n) is 4.45. The van der Waals surface area contributed by atoms with Crippen molar-refractivity contribution in [3.8, 4) is 0 Å². The predicted molar refractivity (Wildman–Crippen MR) is 59.2 cm³/mol.